The third-order valence-corrected chi connectivity index (χ3v) is 5.58. The van der Waals surface area contributed by atoms with Crippen LogP contribution >= 0.6 is 11.6 Å². The number of benzene rings is 1. The average molecular weight is 325 g/mol. The molecule has 3 rings (SSSR count). The minimum Gasteiger partial charge on any atom is -0.368 e. The lowest BCUT2D eigenvalue weighted by Gasteiger charge is -2.17. The van der Waals surface area contributed by atoms with Crippen LogP contribution in [0.25, 0.3) is 0 Å². The molecule has 8 heteroatoms. The molecule has 2 heterocycles. The molecule has 0 spiro atoms. The van der Waals surface area contributed by atoms with E-state index in [0.717, 1.165) is 5.56 Å². The van der Waals surface area contributed by atoms with E-state index < -0.39 is 10.0 Å². The van der Waals surface area contributed by atoms with Crippen molar-refractivity contribution in [1.29, 1.82) is 0 Å². The maximum Gasteiger partial charge on any atom is 0.244 e. The summed E-state index contributed by atoms with van der Waals surface area (Å²) < 4.78 is 26.8. The standard InChI is InChI=1S/C13H13ClN4O2S/c1-8-2-3-10(14)4-12(8)21(19,20)18-6-9-5-16-13(15)17-11(9)7-18/h2-5H,6-7H2,1H3,(H2,15,16,17). The van der Waals surface area contributed by atoms with Crippen LogP contribution in [0.5, 0.6) is 0 Å². The fourth-order valence-electron chi connectivity index (χ4n) is 2.30. The molecule has 0 amide bonds. The van der Waals surface area contributed by atoms with Crippen molar-refractivity contribution >= 4 is 27.6 Å². The Morgan fingerprint density at radius 2 is 2.10 bits per heavy atom. The highest BCUT2D eigenvalue weighted by Gasteiger charge is 2.32. The molecular weight excluding hydrogens is 312 g/mol. The van der Waals surface area contributed by atoms with Gasteiger partial charge in [0.15, 0.2) is 0 Å². The van der Waals surface area contributed by atoms with Gasteiger partial charge in [-0.1, -0.05) is 17.7 Å². The Bertz CT molecular complexity index is 823. The van der Waals surface area contributed by atoms with Gasteiger partial charge in [-0.15, -0.1) is 0 Å². The molecule has 0 saturated heterocycles. The molecule has 0 bridgehead atoms. The van der Waals surface area contributed by atoms with Crippen LogP contribution in [0.3, 0.4) is 0 Å². The number of aryl methyl sites for hydroxylation is 1. The Labute approximate surface area is 127 Å². The molecule has 1 aliphatic rings. The number of fused-ring (bicyclic) bond motifs is 1. The van der Waals surface area contributed by atoms with Crippen molar-refractivity contribution in [1.82, 2.24) is 14.3 Å². The maximum atomic E-state index is 12.7. The second-order valence-corrected chi connectivity index (χ2v) is 7.23. The molecule has 2 aromatic rings. The predicted molar refractivity (Wildman–Crippen MR) is 79.1 cm³/mol. The number of rotatable bonds is 2. The van der Waals surface area contributed by atoms with Crippen molar-refractivity contribution in [3.63, 3.8) is 0 Å². The number of nitrogens with zero attached hydrogens (tertiary/aromatic N) is 3. The molecule has 1 aromatic heterocycles. The van der Waals surface area contributed by atoms with Crippen LogP contribution in [0.4, 0.5) is 5.95 Å². The van der Waals surface area contributed by atoms with Gasteiger partial charge in [0, 0.05) is 23.3 Å². The summed E-state index contributed by atoms with van der Waals surface area (Å²) in [6.07, 6.45) is 1.57. The number of hydrogen-bond donors (Lipinski definition) is 1. The Morgan fingerprint density at radius 1 is 1.33 bits per heavy atom. The number of nitrogen functional groups attached to an aromatic ring is 1. The van der Waals surface area contributed by atoms with E-state index in [1.54, 1.807) is 25.3 Å². The normalized spacial score (nSPS) is 15.1. The third kappa shape index (κ3) is 2.48. The van der Waals surface area contributed by atoms with Gasteiger partial charge in [-0.05, 0) is 24.6 Å². The third-order valence-electron chi connectivity index (χ3n) is 3.41. The molecule has 110 valence electrons. The molecule has 21 heavy (non-hydrogen) atoms. The summed E-state index contributed by atoms with van der Waals surface area (Å²) in [5, 5.41) is 0.389. The van der Waals surface area contributed by atoms with Crippen LogP contribution in [0.2, 0.25) is 5.02 Å². The van der Waals surface area contributed by atoms with Crippen molar-refractivity contribution in [3.8, 4) is 0 Å². The zero-order chi connectivity index (χ0) is 15.2. The topological polar surface area (TPSA) is 89.2 Å². The number of anilines is 1. The first kappa shape index (κ1) is 14.2. The Hall–Kier alpha value is -1.70. The molecule has 0 radical (unpaired) electrons. The zero-order valence-electron chi connectivity index (χ0n) is 11.2. The first-order chi connectivity index (χ1) is 9.88. The van der Waals surface area contributed by atoms with E-state index in [0.29, 0.717) is 16.3 Å². The van der Waals surface area contributed by atoms with Crippen molar-refractivity contribution in [2.75, 3.05) is 5.73 Å². The van der Waals surface area contributed by atoms with Gasteiger partial charge in [-0.2, -0.15) is 4.31 Å². The van der Waals surface area contributed by atoms with Gasteiger partial charge >= 0.3 is 0 Å². The summed E-state index contributed by atoms with van der Waals surface area (Å²) in [5.74, 6) is 0.145. The molecule has 1 aromatic carbocycles. The molecule has 0 fully saturated rings. The highest BCUT2D eigenvalue weighted by molar-refractivity contribution is 7.89. The van der Waals surface area contributed by atoms with Gasteiger partial charge in [0.05, 0.1) is 17.1 Å². The Morgan fingerprint density at radius 3 is 2.86 bits per heavy atom. The first-order valence-electron chi connectivity index (χ1n) is 6.24. The van der Waals surface area contributed by atoms with Crippen molar-refractivity contribution in [2.45, 2.75) is 24.9 Å². The minimum atomic E-state index is -3.63. The largest absolute Gasteiger partial charge is 0.368 e. The second-order valence-electron chi connectivity index (χ2n) is 4.88. The van der Waals surface area contributed by atoms with E-state index in [2.05, 4.69) is 9.97 Å². The number of aromatic nitrogens is 2. The van der Waals surface area contributed by atoms with E-state index in [9.17, 15) is 8.42 Å². The molecular formula is C13H13ClN4O2S. The summed E-state index contributed by atoms with van der Waals surface area (Å²) in [6, 6.07) is 4.83. The number of nitrogens with two attached hydrogens (primary N) is 1. The van der Waals surface area contributed by atoms with Gasteiger partial charge in [0.25, 0.3) is 0 Å². The number of halogens is 1. The Kier molecular flexibility index (Phi) is 3.35. The average Bonchev–Trinajstić information content (AvgIpc) is 2.85. The van der Waals surface area contributed by atoms with Crippen molar-refractivity contribution < 1.29 is 8.42 Å². The lowest BCUT2D eigenvalue weighted by Crippen LogP contribution is -2.26. The SMILES string of the molecule is Cc1ccc(Cl)cc1S(=O)(=O)N1Cc2cnc(N)nc2C1. The van der Waals surface area contributed by atoms with Crippen LogP contribution < -0.4 is 5.73 Å². The van der Waals surface area contributed by atoms with Crippen LogP contribution in [0.1, 0.15) is 16.8 Å². The zero-order valence-corrected chi connectivity index (χ0v) is 12.8. The fraction of sp³-hybridized carbons (Fsp3) is 0.231. The van der Waals surface area contributed by atoms with Gasteiger partial charge in [0.1, 0.15) is 0 Å². The number of sulfonamides is 1. The number of hydrogen-bond acceptors (Lipinski definition) is 5. The summed E-state index contributed by atoms with van der Waals surface area (Å²) in [4.78, 5) is 8.19. The molecule has 0 saturated carbocycles. The first-order valence-corrected chi connectivity index (χ1v) is 8.06. The predicted octanol–water partition coefficient (Wildman–Crippen LogP) is 1.73. The lowest BCUT2D eigenvalue weighted by atomic mass is 10.2. The molecule has 1 aliphatic heterocycles. The molecule has 0 atom stereocenters. The smallest absolute Gasteiger partial charge is 0.244 e. The van der Waals surface area contributed by atoms with E-state index in [1.165, 1.54) is 10.4 Å². The van der Waals surface area contributed by atoms with Crippen LogP contribution in [0.15, 0.2) is 29.3 Å². The summed E-state index contributed by atoms with van der Waals surface area (Å²) in [6.45, 7) is 2.17. The Balaban J connectivity index is 2.00. The molecule has 0 unspecified atom stereocenters. The molecule has 2 N–H and O–H groups in total. The van der Waals surface area contributed by atoms with Crippen LogP contribution in [-0.4, -0.2) is 22.7 Å². The summed E-state index contributed by atoms with van der Waals surface area (Å²) >= 11 is 5.92. The quantitative estimate of drug-likeness (QED) is 0.908. The van der Waals surface area contributed by atoms with Crippen LogP contribution in [0, 0.1) is 6.92 Å². The summed E-state index contributed by atoms with van der Waals surface area (Å²) in [5.41, 5.74) is 7.60. The molecule has 0 aliphatic carbocycles. The van der Waals surface area contributed by atoms with Gasteiger partial charge < -0.3 is 5.73 Å². The highest BCUT2D eigenvalue weighted by Crippen LogP contribution is 2.30. The molecule has 6 nitrogen and oxygen atoms in total. The second kappa shape index (κ2) is 4.94. The van der Waals surface area contributed by atoms with E-state index in [1.807, 2.05) is 0 Å². The van der Waals surface area contributed by atoms with Crippen molar-refractivity contribution in [2.24, 2.45) is 0 Å². The van der Waals surface area contributed by atoms with Crippen molar-refractivity contribution in [3.05, 3.63) is 46.2 Å². The van der Waals surface area contributed by atoms with Crippen LogP contribution in [-0.2, 0) is 23.1 Å². The minimum absolute atomic E-state index is 0.145. The van der Waals surface area contributed by atoms with E-state index >= 15 is 0 Å². The summed E-state index contributed by atoms with van der Waals surface area (Å²) in [7, 11) is -3.63. The maximum absolute atomic E-state index is 12.7. The van der Waals surface area contributed by atoms with Gasteiger partial charge in [-0.3, -0.25) is 0 Å². The van der Waals surface area contributed by atoms with Gasteiger partial charge in [-0.25, -0.2) is 18.4 Å². The van der Waals surface area contributed by atoms with E-state index in [4.69, 9.17) is 17.3 Å². The lowest BCUT2D eigenvalue weighted by molar-refractivity contribution is 0.429. The van der Waals surface area contributed by atoms with Gasteiger partial charge in [0.2, 0.25) is 16.0 Å². The fourth-order valence-corrected chi connectivity index (χ4v) is 4.17. The monoisotopic (exact) mass is 324 g/mol. The highest BCUT2D eigenvalue weighted by atomic mass is 35.5. The van der Waals surface area contributed by atoms with E-state index in [-0.39, 0.29) is 23.9 Å².